The summed E-state index contributed by atoms with van der Waals surface area (Å²) in [5, 5.41) is 0. The Kier molecular flexibility index (Phi) is 3.36. The van der Waals surface area contributed by atoms with Crippen molar-refractivity contribution < 1.29 is 18.9 Å². The first-order valence-electron chi connectivity index (χ1n) is 6.05. The number of ether oxygens (including phenoxy) is 4. The van der Waals surface area contributed by atoms with Crippen molar-refractivity contribution in [2.24, 2.45) is 0 Å². The molecule has 0 atom stereocenters. The molecule has 1 aliphatic rings. The molecule has 0 aliphatic carbocycles. The van der Waals surface area contributed by atoms with Crippen molar-refractivity contribution in [2.45, 2.75) is 9.79 Å². The highest BCUT2D eigenvalue weighted by Crippen LogP contribution is 2.51. The third-order valence-electron chi connectivity index (χ3n) is 3.04. The topological polar surface area (TPSA) is 36.9 Å². The molecule has 3 rings (SSSR count). The zero-order valence-corrected chi connectivity index (χ0v) is 12.2. The van der Waals surface area contributed by atoms with Gasteiger partial charge < -0.3 is 18.9 Å². The van der Waals surface area contributed by atoms with Crippen LogP contribution in [0, 0.1) is 0 Å². The second kappa shape index (κ2) is 5.17. The molecule has 0 amide bonds. The van der Waals surface area contributed by atoms with Crippen LogP contribution in [0.5, 0.6) is 28.7 Å². The largest absolute Gasteiger partial charge is 0.497 e. The van der Waals surface area contributed by atoms with Gasteiger partial charge >= 0.3 is 0 Å². The highest BCUT2D eigenvalue weighted by Gasteiger charge is 2.21. The summed E-state index contributed by atoms with van der Waals surface area (Å²) in [7, 11) is 4.87. The average molecular weight is 290 g/mol. The lowest BCUT2D eigenvalue weighted by Crippen LogP contribution is -1.98. The fraction of sp³-hybridized carbons (Fsp3) is 0.200. The molecular weight excluding hydrogens is 276 g/mol. The van der Waals surface area contributed by atoms with E-state index in [-0.39, 0.29) is 0 Å². The van der Waals surface area contributed by atoms with E-state index in [1.165, 1.54) is 0 Å². The normalized spacial score (nSPS) is 11.9. The van der Waals surface area contributed by atoms with E-state index < -0.39 is 0 Å². The fourth-order valence-electron chi connectivity index (χ4n) is 2.02. The zero-order valence-electron chi connectivity index (χ0n) is 11.4. The summed E-state index contributed by atoms with van der Waals surface area (Å²) in [6.45, 7) is 0. The van der Waals surface area contributed by atoms with E-state index in [0.717, 1.165) is 27.0 Å². The smallest absolute Gasteiger partial charge is 0.164 e. The van der Waals surface area contributed by atoms with Gasteiger partial charge in [0.15, 0.2) is 11.5 Å². The Morgan fingerprint density at radius 3 is 2.20 bits per heavy atom. The van der Waals surface area contributed by atoms with Crippen molar-refractivity contribution in [1.29, 1.82) is 0 Å². The van der Waals surface area contributed by atoms with Crippen molar-refractivity contribution in [3.8, 4) is 28.7 Å². The molecule has 104 valence electrons. The monoisotopic (exact) mass is 290 g/mol. The maximum Gasteiger partial charge on any atom is 0.164 e. The summed E-state index contributed by atoms with van der Waals surface area (Å²) in [6.07, 6.45) is 0. The number of rotatable bonds is 3. The maximum absolute atomic E-state index is 5.93. The number of methoxy groups -OCH3 is 3. The first-order chi connectivity index (χ1) is 9.75. The van der Waals surface area contributed by atoms with Crippen LogP contribution in [0.1, 0.15) is 0 Å². The van der Waals surface area contributed by atoms with Gasteiger partial charge in [-0.2, -0.15) is 0 Å². The van der Waals surface area contributed by atoms with Gasteiger partial charge in [0.1, 0.15) is 17.2 Å². The van der Waals surface area contributed by atoms with Crippen LogP contribution in [0.25, 0.3) is 0 Å². The molecule has 0 bridgehead atoms. The first-order valence-corrected chi connectivity index (χ1v) is 6.86. The minimum atomic E-state index is 0.651. The summed E-state index contributed by atoms with van der Waals surface area (Å²) in [5.74, 6) is 3.66. The van der Waals surface area contributed by atoms with Gasteiger partial charge in [-0.15, -0.1) is 0 Å². The Labute approximate surface area is 121 Å². The molecule has 1 heterocycles. The number of hydrogen-bond donors (Lipinski definition) is 0. The molecule has 5 heteroatoms. The van der Waals surface area contributed by atoms with Crippen LogP contribution >= 0.6 is 11.8 Å². The molecule has 2 aromatic rings. The molecule has 1 aliphatic heterocycles. The minimum Gasteiger partial charge on any atom is -0.497 e. The van der Waals surface area contributed by atoms with Crippen LogP contribution in [0.15, 0.2) is 40.1 Å². The van der Waals surface area contributed by atoms with Gasteiger partial charge in [0, 0.05) is 18.2 Å². The Hall–Kier alpha value is -2.01. The van der Waals surface area contributed by atoms with Crippen molar-refractivity contribution in [2.75, 3.05) is 21.3 Å². The van der Waals surface area contributed by atoms with Gasteiger partial charge in [-0.3, -0.25) is 0 Å². The van der Waals surface area contributed by atoms with Crippen molar-refractivity contribution >= 4 is 11.8 Å². The van der Waals surface area contributed by atoms with Crippen LogP contribution in [0.2, 0.25) is 0 Å². The summed E-state index contributed by atoms with van der Waals surface area (Å²) < 4.78 is 21.8. The summed E-state index contributed by atoms with van der Waals surface area (Å²) in [5.41, 5.74) is 0. The Bertz CT molecular complexity index is 655. The molecule has 0 saturated carbocycles. The van der Waals surface area contributed by atoms with Gasteiger partial charge in [-0.05, 0) is 12.1 Å². The van der Waals surface area contributed by atoms with Crippen LogP contribution < -0.4 is 18.9 Å². The number of hydrogen-bond acceptors (Lipinski definition) is 5. The van der Waals surface area contributed by atoms with Gasteiger partial charge in [-0.25, -0.2) is 0 Å². The predicted octanol–water partition coefficient (Wildman–Crippen LogP) is 3.97. The standard InChI is InChI=1S/C15H14O4S/c1-16-9-4-5-14-12(6-9)19-13-7-10(17-2)11(18-3)8-15(13)20-14/h4-8H,1-3H3. The van der Waals surface area contributed by atoms with E-state index in [2.05, 4.69) is 0 Å². The number of fused-ring (bicyclic) bond motifs is 2. The van der Waals surface area contributed by atoms with Crippen molar-refractivity contribution in [3.05, 3.63) is 30.3 Å². The molecule has 4 nitrogen and oxygen atoms in total. The second-order valence-corrected chi connectivity index (χ2v) is 5.25. The Morgan fingerprint density at radius 2 is 1.50 bits per heavy atom. The molecule has 20 heavy (non-hydrogen) atoms. The van der Waals surface area contributed by atoms with Crippen LogP contribution in [0.4, 0.5) is 0 Å². The van der Waals surface area contributed by atoms with E-state index in [9.17, 15) is 0 Å². The van der Waals surface area contributed by atoms with Gasteiger partial charge in [0.2, 0.25) is 0 Å². The lowest BCUT2D eigenvalue weighted by atomic mass is 10.2. The molecule has 0 N–H and O–H groups in total. The quantitative estimate of drug-likeness (QED) is 0.729. The number of benzene rings is 2. The third kappa shape index (κ3) is 2.14. The SMILES string of the molecule is COc1ccc2c(c1)Oc1cc(OC)c(OC)cc1S2. The van der Waals surface area contributed by atoms with E-state index in [4.69, 9.17) is 18.9 Å². The zero-order chi connectivity index (χ0) is 14.1. The predicted molar refractivity (Wildman–Crippen MR) is 76.7 cm³/mol. The van der Waals surface area contributed by atoms with E-state index in [1.807, 2.05) is 30.3 Å². The average Bonchev–Trinajstić information content (AvgIpc) is 2.50. The maximum atomic E-state index is 5.93. The molecule has 0 fully saturated rings. The van der Waals surface area contributed by atoms with E-state index >= 15 is 0 Å². The minimum absolute atomic E-state index is 0.651. The van der Waals surface area contributed by atoms with Crippen LogP contribution in [-0.4, -0.2) is 21.3 Å². The summed E-state index contributed by atoms with van der Waals surface area (Å²) >= 11 is 1.63. The molecule has 0 aromatic heterocycles. The second-order valence-electron chi connectivity index (χ2n) is 4.17. The van der Waals surface area contributed by atoms with Gasteiger partial charge in [0.25, 0.3) is 0 Å². The highest BCUT2D eigenvalue weighted by molar-refractivity contribution is 7.99. The van der Waals surface area contributed by atoms with Crippen LogP contribution in [-0.2, 0) is 0 Å². The lowest BCUT2D eigenvalue weighted by molar-refractivity contribution is 0.349. The lowest BCUT2D eigenvalue weighted by Gasteiger charge is -2.21. The van der Waals surface area contributed by atoms with E-state index in [1.54, 1.807) is 33.1 Å². The summed E-state index contributed by atoms with van der Waals surface area (Å²) in [4.78, 5) is 2.05. The molecule has 0 radical (unpaired) electrons. The Balaban J connectivity index is 2.03. The van der Waals surface area contributed by atoms with Crippen LogP contribution in [0.3, 0.4) is 0 Å². The molecule has 2 aromatic carbocycles. The molecule has 0 unspecified atom stereocenters. The highest BCUT2D eigenvalue weighted by atomic mass is 32.2. The molecular formula is C15H14O4S. The van der Waals surface area contributed by atoms with Gasteiger partial charge in [-0.1, -0.05) is 11.8 Å². The van der Waals surface area contributed by atoms with Gasteiger partial charge in [0.05, 0.1) is 31.1 Å². The fourth-order valence-corrected chi connectivity index (χ4v) is 2.96. The molecule has 0 saturated heterocycles. The van der Waals surface area contributed by atoms with Crippen molar-refractivity contribution in [3.63, 3.8) is 0 Å². The first kappa shape index (κ1) is 13.0. The Morgan fingerprint density at radius 1 is 0.800 bits per heavy atom. The summed E-state index contributed by atoms with van der Waals surface area (Å²) in [6, 6.07) is 9.54. The van der Waals surface area contributed by atoms with Crippen molar-refractivity contribution in [1.82, 2.24) is 0 Å². The van der Waals surface area contributed by atoms with E-state index in [0.29, 0.717) is 11.5 Å². The molecule has 0 spiro atoms. The third-order valence-corrected chi connectivity index (χ3v) is 4.14.